The number of carbonyl (C=O) groups is 1. The molecule has 3 aliphatic rings. The molecule has 1 aromatic heterocycles. The highest BCUT2D eigenvalue weighted by molar-refractivity contribution is 5.99. The minimum Gasteiger partial charge on any atom is -0.381 e. The molecule has 0 aliphatic carbocycles. The Balaban J connectivity index is 1.44. The number of rotatable bonds is 7. The van der Waals surface area contributed by atoms with E-state index in [2.05, 4.69) is 51.1 Å². The van der Waals surface area contributed by atoms with E-state index < -0.39 is 0 Å². The number of carbonyl (C=O) groups excluding carboxylic acids is 1. The van der Waals surface area contributed by atoms with Crippen LogP contribution >= 0.6 is 0 Å². The van der Waals surface area contributed by atoms with Crippen LogP contribution in [0, 0.1) is 20.8 Å². The lowest BCUT2D eigenvalue weighted by Gasteiger charge is -2.37. The summed E-state index contributed by atoms with van der Waals surface area (Å²) in [6.45, 7) is 15.4. The van der Waals surface area contributed by atoms with Crippen LogP contribution < -0.4 is 15.8 Å². The normalized spacial score (nSPS) is 18.6. The van der Waals surface area contributed by atoms with Crippen LogP contribution in [0.1, 0.15) is 70.9 Å². The highest BCUT2D eigenvalue weighted by Gasteiger charge is 2.26. The topological polar surface area (TPSA) is 93.3 Å². The van der Waals surface area contributed by atoms with Crippen LogP contribution in [0.3, 0.4) is 0 Å². The quantitative estimate of drug-likeness (QED) is 0.507. The number of pyridine rings is 1. The minimum absolute atomic E-state index is 0.155. The molecule has 0 spiro atoms. The zero-order valence-corrected chi connectivity index (χ0v) is 26.6. The first-order chi connectivity index (χ1) is 20.7. The SMILES string of the molecule is CCN(c1cc(C2=CCC(N3CCCN(C)CC3)=NC2)cc(C(=O)NCc2c(C)cc(C)[nH]c2=O)c1C)C1CCOCC1. The first-order valence-electron chi connectivity index (χ1n) is 15.9. The third-order valence-corrected chi connectivity index (χ3v) is 9.24. The molecule has 0 atom stereocenters. The first kappa shape index (κ1) is 31.0. The fourth-order valence-corrected chi connectivity index (χ4v) is 6.67. The molecular formula is C34H48N6O3. The largest absolute Gasteiger partial charge is 0.381 e. The molecule has 2 saturated heterocycles. The van der Waals surface area contributed by atoms with Gasteiger partial charge in [0.1, 0.15) is 5.84 Å². The van der Waals surface area contributed by atoms with E-state index in [0.29, 0.717) is 23.7 Å². The number of aromatic amines is 1. The fourth-order valence-electron chi connectivity index (χ4n) is 6.67. The third kappa shape index (κ3) is 7.21. The molecule has 9 nitrogen and oxygen atoms in total. The Hall–Kier alpha value is -3.43. The van der Waals surface area contributed by atoms with Crippen LogP contribution in [0.2, 0.25) is 0 Å². The molecule has 9 heteroatoms. The van der Waals surface area contributed by atoms with Crippen molar-refractivity contribution in [1.82, 2.24) is 20.1 Å². The number of dihydropyridines is 1. The Morgan fingerprint density at radius 2 is 1.91 bits per heavy atom. The molecular weight excluding hydrogens is 540 g/mol. The molecule has 2 aromatic rings. The minimum atomic E-state index is -0.169. The molecule has 3 aliphatic heterocycles. The third-order valence-electron chi connectivity index (χ3n) is 9.24. The smallest absolute Gasteiger partial charge is 0.253 e. The van der Waals surface area contributed by atoms with E-state index in [1.807, 2.05) is 32.9 Å². The number of nitrogens with zero attached hydrogens (tertiary/aromatic N) is 4. The number of anilines is 1. The lowest BCUT2D eigenvalue weighted by atomic mass is 9.94. The number of aryl methyl sites for hydroxylation is 2. The predicted octanol–water partition coefficient (Wildman–Crippen LogP) is 4.06. The summed E-state index contributed by atoms with van der Waals surface area (Å²) in [5.74, 6) is 0.998. The molecule has 4 heterocycles. The summed E-state index contributed by atoms with van der Waals surface area (Å²) < 4.78 is 5.67. The molecule has 0 radical (unpaired) electrons. The molecule has 1 aromatic carbocycles. The predicted molar refractivity (Wildman–Crippen MR) is 174 cm³/mol. The molecule has 2 N–H and O–H groups in total. The summed E-state index contributed by atoms with van der Waals surface area (Å²) >= 11 is 0. The number of H-pyrrole nitrogens is 1. The van der Waals surface area contributed by atoms with Gasteiger partial charge in [-0.05, 0) is 101 Å². The second-order valence-electron chi connectivity index (χ2n) is 12.2. The van der Waals surface area contributed by atoms with Gasteiger partial charge in [-0.25, -0.2) is 0 Å². The average molecular weight is 589 g/mol. The molecule has 232 valence electrons. The van der Waals surface area contributed by atoms with Gasteiger partial charge in [-0.3, -0.25) is 14.6 Å². The molecule has 0 bridgehead atoms. The molecule has 0 saturated carbocycles. The van der Waals surface area contributed by atoms with Crippen molar-refractivity contribution in [1.29, 1.82) is 0 Å². The van der Waals surface area contributed by atoms with E-state index in [0.717, 1.165) is 105 Å². The average Bonchev–Trinajstić information content (AvgIpc) is 3.22. The zero-order chi connectivity index (χ0) is 30.5. The summed E-state index contributed by atoms with van der Waals surface area (Å²) in [4.78, 5) is 41.6. The van der Waals surface area contributed by atoms with Gasteiger partial charge < -0.3 is 29.7 Å². The van der Waals surface area contributed by atoms with Gasteiger partial charge in [0.25, 0.3) is 11.5 Å². The fraction of sp³-hybridized carbons (Fsp3) is 0.559. The standard InChI is InChI=1S/C34H48N6O3/c1-6-40(28-10-16-43-17-11-28)31-20-27(26-8-9-32(35-21-26)39-13-7-12-38(5)14-15-39)19-29(25(31)4)33(41)36-22-30-23(2)18-24(3)37-34(30)42/h8,18-20,28H,6-7,9-17,21-22H2,1-5H3,(H,36,41)(H,37,42). The van der Waals surface area contributed by atoms with Crippen LogP contribution in [-0.2, 0) is 11.3 Å². The maximum Gasteiger partial charge on any atom is 0.253 e. The van der Waals surface area contributed by atoms with Crippen molar-refractivity contribution in [3.8, 4) is 0 Å². The number of amidine groups is 1. The van der Waals surface area contributed by atoms with Gasteiger partial charge in [0.15, 0.2) is 0 Å². The summed E-state index contributed by atoms with van der Waals surface area (Å²) in [5, 5.41) is 3.06. The summed E-state index contributed by atoms with van der Waals surface area (Å²) in [6, 6.07) is 6.58. The van der Waals surface area contributed by atoms with Gasteiger partial charge in [0.05, 0.1) is 6.54 Å². The number of hydrogen-bond donors (Lipinski definition) is 2. The highest BCUT2D eigenvalue weighted by Crippen LogP contribution is 2.33. The Bertz CT molecular complexity index is 1440. The monoisotopic (exact) mass is 588 g/mol. The lowest BCUT2D eigenvalue weighted by Crippen LogP contribution is -2.40. The number of nitrogens with one attached hydrogen (secondary N) is 2. The van der Waals surface area contributed by atoms with E-state index in [1.165, 1.54) is 5.84 Å². The highest BCUT2D eigenvalue weighted by atomic mass is 16.5. The molecule has 43 heavy (non-hydrogen) atoms. The van der Waals surface area contributed by atoms with Crippen molar-refractivity contribution >= 4 is 23.0 Å². The Morgan fingerprint density at radius 3 is 2.60 bits per heavy atom. The second-order valence-corrected chi connectivity index (χ2v) is 12.2. The number of benzene rings is 1. The molecule has 5 rings (SSSR count). The van der Waals surface area contributed by atoms with Crippen LogP contribution in [0.25, 0.3) is 5.57 Å². The van der Waals surface area contributed by atoms with Gasteiger partial charge in [-0.15, -0.1) is 0 Å². The van der Waals surface area contributed by atoms with Crippen molar-refractivity contribution in [2.75, 3.05) is 64.4 Å². The Morgan fingerprint density at radius 1 is 1.12 bits per heavy atom. The summed E-state index contributed by atoms with van der Waals surface area (Å²) in [5.41, 5.74) is 7.00. The number of hydrogen-bond acceptors (Lipinski definition) is 7. The summed E-state index contributed by atoms with van der Waals surface area (Å²) in [7, 11) is 2.19. The number of ether oxygens (including phenoxy) is 1. The maximum absolute atomic E-state index is 13.8. The van der Waals surface area contributed by atoms with E-state index in [-0.39, 0.29) is 18.0 Å². The molecule has 2 fully saturated rings. The van der Waals surface area contributed by atoms with Crippen molar-refractivity contribution < 1.29 is 9.53 Å². The van der Waals surface area contributed by atoms with Gasteiger partial charge in [-0.2, -0.15) is 0 Å². The van der Waals surface area contributed by atoms with Gasteiger partial charge in [-0.1, -0.05) is 6.08 Å². The van der Waals surface area contributed by atoms with Crippen LogP contribution in [0.5, 0.6) is 0 Å². The molecule has 1 amide bonds. The van der Waals surface area contributed by atoms with E-state index in [1.54, 1.807) is 0 Å². The van der Waals surface area contributed by atoms with Gasteiger partial charge >= 0.3 is 0 Å². The first-order valence-corrected chi connectivity index (χ1v) is 15.9. The van der Waals surface area contributed by atoms with E-state index >= 15 is 0 Å². The Kier molecular flexibility index (Phi) is 10.0. The Labute approximate surface area is 256 Å². The van der Waals surface area contributed by atoms with Gasteiger partial charge in [0.2, 0.25) is 0 Å². The lowest BCUT2D eigenvalue weighted by molar-refractivity contribution is 0.0845. The van der Waals surface area contributed by atoms with Crippen molar-refractivity contribution in [3.05, 3.63) is 68.1 Å². The number of aromatic nitrogens is 1. The van der Waals surface area contributed by atoms with Crippen LogP contribution in [-0.4, -0.2) is 92.1 Å². The van der Waals surface area contributed by atoms with Crippen molar-refractivity contribution in [2.24, 2.45) is 4.99 Å². The van der Waals surface area contributed by atoms with E-state index in [4.69, 9.17) is 9.73 Å². The van der Waals surface area contributed by atoms with Gasteiger partial charge in [0, 0.05) is 80.9 Å². The summed E-state index contributed by atoms with van der Waals surface area (Å²) in [6.07, 6.45) is 6.19. The zero-order valence-electron chi connectivity index (χ0n) is 26.6. The van der Waals surface area contributed by atoms with Crippen molar-refractivity contribution in [2.45, 2.75) is 66.0 Å². The van der Waals surface area contributed by atoms with Crippen molar-refractivity contribution in [3.63, 3.8) is 0 Å². The van der Waals surface area contributed by atoms with E-state index in [9.17, 15) is 9.59 Å². The van der Waals surface area contributed by atoms with Crippen LogP contribution in [0.4, 0.5) is 5.69 Å². The number of likely N-dealkylation sites (N-methyl/N-ethyl adjacent to an activating group) is 1. The molecule has 0 unspecified atom stereocenters. The number of aliphatic imine (C=N–C) groups is 1. The second kappa shape index (κ2) is 13.9. The number of amides is 1. The maximum atomic E-state index is 13.8. The van der Waals surface area contributed by atoms with Crippen LogP contribution in [0.15, 0.2) is 34.1 Å².